The highest BCUT2D eigenvalue weighted by Crippen LogP contribution is 2.28. The highest BCUT2D eigenvalue weighted by Gasteiger charge is 2.27. The zero-order chi connectivity index (χ0) is 12.3. The normalized spacial score (nSPS) is 19.0. The zero-order valence-corrected chi connectivity index (χ0v) is 12.3. The van der Waals surface area contributed by atoms with Gasteiger partial charge in [-0.3, -0.25) is 4.98 Å². The van der Waals surface area contributed by atoms with Crippen molar-refractivity contribution in [3.8, 4) is 0 Å². The Kier molecular flexibility index (Phi) is 4.21. The Balaban J connectivity index is 1.96. The maximum Gasteiger partial charge on any atom is 0.0410 e. The van der Waals surface area contributed by atoms with Crippen LogP contribution in [0.15, 0.2) is 22.9 Å². The van der Waals surface area contributed by atoms with E-state index in [1.807, 2.05) is 12.4 Å². The van der Waals surface area contributed by atoms with Gasteiger partial charge in [-0.1, -0.05) is 13.8 Å². The third-order valence-electron chi connectivity index (χ3n) is 3.64. The van der Waals surface area contributed by atoms with Gasteiger partial charge in [-0.2, -0.15) is 0 Å². The summed E-state index contributed by atoms with van der Waals surface area (Å²) in [6, 6.07) is 2.97. The summed E-state index contributed by atoms with van der Waals surface area (Å²) in [5.74, 6) is 0. The molecule has 1 N–H and O–H groups in total. The summed E-state index contributed by atoms with van der Waals surface area (Å²) in [5, 5.41) is 3.65. The molecule has 1 aliphatic carbocycles. The topological polar surface area (TPSA) is 24.9 Å². The molecule has 0 saturated heterocycles. The van der Waals surface area contributed by atoms with Gasteiger partial charge in [-0.05, 0) is 58.7 Å². The van der Waals surface area contributed by atoms with Gasteiger partial charge in [0.1, 0.15) is 0 Å². The van der Waals surface area contributed by atoms with Crippen molar-refractivity contribution in [2.45, 2.75) is 45.6 Å². The monoisotopic (exact) mass is 296 g/mol. The lowest BCUT2D eigenvalue weighted by Crippen LogP contribution is -2.34. The van der Waals surface area contributed by atoms with Gasteiger partial charge >= 0.3 is 0 Å². The summed E-state index contributed by atoms with van der Waals surface area (Å²) in [4.78, 5) is 4.24. The maximum absolute atomic E-state index is 4.24. The van der Waals surface area contributed by atoms with Crippen LogP contribution in [0.2, 0.25) is 0 Å². The molecule has 0 aliphatic heterocycles. The van der Waals surface area contributed by atoms with Crippen molar-refractivity contribution in [1.29, 1.82) is 0 Å². The standard InChI is InChI=1S/C14H21BrN2/c1-3-14(2,10-17-13-4-5-13)7-11-6-12(15)9-16-8-11/h6,8-9,13,17H,3-5,7,10H2,1-2H3. The maximum atomic E-state index is 4.24. The Labute approximate surface area is 112 Å². The fourth-order valence-corrected chi connectivity index (χ4v) is 2.45. The van der Waals surface area contributed by atoms with Gasteiger partial charge in [0.2, 0.25) is 0 Å². The fourth-order valence-electron chi connectivity index (χ4n) is 2.04. The van der Waals surface area contributed by atoms with Gasteiger partial charge in [0, 0.05) is 29.5 Å². The summed E-state index contributed by atoms with van der Waals surface area (Å²) in [6.45, 7) is 5.75. The molecule has 1 atom stereocenters. The second-order valence-electron chi connectivity index (χ2n) is 5.51. The van der Waals surface area contributed by atoms with Crippen LogP contribution in [0.1, 0.15) is 38.7 Å². The minimum absolute atomic E-state index is 0.338. The van der Waals surface area contributed by atoms with Gasteiger partial charge in [0.25, 0.3) is 0 Å². The quantitative estimate of drug-likeness (QED) is 0.868. The molecule has 0 radical (unpaired) electrons. The Bertz CT molecular complexity index is 376. The molecule has 1 saturated carbocycles. The number of rotatable bonds is 6. The highest BCUT2D eigenvalue weighted by atomic mass is 79.9. The van der Waals surface area contributed by atoms with Crippen LogP contribution in [0.25, 0.3) is 0 Å². The molecule has 1 aliphatic rings. The van der Waals surface area contributed by atoms with E-state index in [9.17, 15) is 0 Å². The van der Waals surface area contributed by atoms with E-state index in [1.54, 1.807) is 0 Å². The average Bonchev–Trinajstić information content (AvgIpc) is 3.10. The predicted octanol–water partition coefficient (Wildman–Crippen LogP) is 3.55. The molecule has 17 heavy (non-hydrogen) atoms. The molecule has 1 aromatic rings. The molecular weight excluding hydrogens is 276 g/mol. The highest BCUT2D eigenvalue weighted by molar-refractivity contribution is 9.10. The first-order chi connectivity index (χ1) is 8.11. The van der Waals surface area contributed by atoms with E-state index < -0.39 is 0 Å². The molecule has 2 rings (SSSR count). The third kappa shape index (κ3) is 4.07. The Morgan fingerprint density at radius 3 is 2.82 bits per heavy atom. The van der Waals surface area contributed by atoms with Crippen molar-refractivity contribution in [3.63, 3.8) is 0 Å². The van der Waals surface area contributed by atoms with Crippen LogP contribution in [0, 0.1) is 5.41 Å². The molecule has 2 nitrogen and oxygen atoms in total. The summed E-state index contributed by atoms with van der Waals surface area (Å²) in [7, 11) is 0. The van der Waals surface area contributed by atoms with Crippen LogP contribution in [0.4, 0.5) is 0 Å². The van der Waals surface area contributed by atoms with Crippen LogP contribution in [-0.4, -0.2) is 17.6 Å². The molecule has 1 fully saturated rings. The molecule has 1 heterocycles. The van der Waals surface area contributed by atoms with Crippen molar-refractivity contribution in [1.82, 2.24) is 10.3 Å². The summed E-state index contributed by atoms with van der Waals surface area (Å²) in [6.07, 6.45) is 8.83. The molecular formula is C14H21BrN2. The summed E-state index contributed by atoms with van der Waals surface area (Å²) >= 11 is 3.49. The van der Waals surface area contributed by atoms with E-state index in [0.717, 1.165) is 23.5 Å². The smallest absolute Gasteiger partial charge is 0.0410 e. The van der Waals surface area contributed by atoms with E-state index in [1.165, 1.54) is 24.8 Å². The van der Waals surface area contributed by atoms with E-state index in [2.05, 4.69) is 46.1 Å². The Hall–Kier alpha value is -0.410. The van der Waals surface area contributed by atoms with Crippen LogP contribution in [0.3, 0.4) is 0 Å². The van der Waals surface area contributed by atoms with E-state index in [4.69, 9.17) is 0 Å². The molecule has 1 aromatic heterocycles. The third-order valence-corrected chi connectivity index (χ3v) is 4.07. The van der Waals surface area contributed by atoms with Gasteiger partial charge < -0.3 is 5.32 Å². The molecule has 3 heteroatoms. The van der Waals surface area contributed by atoms with Crippen molar-refractivity contribution in [2.75, 3.05) is 6.54 Å². The number of nitrogens with one attached hydrogen (secondary N) is 1. The number of hydrogen-bond acceptors (Lipinski definition) is 2. The molecule has 94 valence electrons. The summed E-state index contributed by atoms with van der Waals surface area (Å²) in [5.41, 5.74) is 1.66. The molecule has 0 spiro atoms. The van der Waals surface area contributed by atoms with Crippen molar-refractivity contribution >= 4 is 15.9 Å². The first-order valence-electron chi connectivity index (χ1n) is 6.44. The van der Waals surface area contributed by atoms with E-state index >= 15 is 0 Å². The average molecular weight is 297 g/mol. The molecule has 0 bridgehead atoms. The number of pyridine rings is 1. The lowest BCUT2D eigenvalue weighted by atomic mass is 9.81. The Morgan fingerprint density at radius 2 is 2.24 bits per heavy atom. The number of hydrogen-bond donors (Lipinski definition) is 1. The second kappa shape index (κ2) is 5.49. The van der Waals surface area contributed by atoms with Gasteiger partial charge in [-0.25, -0.2) is 0 Å². The SMILES string of the molecule is CCC(C)(CNC1CC1)Cc1cncc(Br)c1. The van der Waals surface area contributed by atoms with Crippen LogP contribution >= 0.6 is 15.9 Å². The van der Waals surface area contributed by atoms with Crippen molar-refractivity contribution in [3.05, 3.63) is 28.5 Å². The van der Waals surface area contributed by atoms with Gasteiger partial charge in [0.15, 0.2) is 0 Å². The van der Waals surface area contributed by atoms with Crippen LogP contribution in [0.5, 0.6) is 0 Å². The lowest BCUT2D eigenvalue weighted by molar-refractivity contribution is 0.289. The minimum Gasteiger partial charge on any atom is -0.313 e. The minimum atomic E-state index is 0.338. The van der Waals surface area contributed by atoms with Crippen LogP contribution < -0.4 is 5.32 Å². The lowest BCUT2D eigenvalue weighted by Gasteiger charge is -2.29. The molecule has 0 aromatic carbocycles. The van der Waals surface area contributed by atoms with Gasteiger partial charge in [-0.15, -0.1) is 0 Å². The van der Waals surface area contributed by atoms with E-state index in [0.29, 0.717) is 5.41 Å². The fraction of sp³-hybridized carbons (Fsp3) is 0.643. The molecule has 0 amide bonds. The van der Waals surface area contributed by atoms with Crippen LogP contribution in [-0.2, 0) is 6.42 Å². The first-order valence-corrected chi connectivity index (χ1v) is 7.23. The van der Waals surface area contributed by atoms with E-state index in [-0.39, 0.29) is 0 Å². The van der Waals surface area contributed by atoms with Crippen molar-refractivity contribution < 1.29 is 0 Å². The Morgan fingerprint density at radius 1 is 1.47 bits per heavy atom. The summed E-state index contributed by atoms with van der Waals surface area (Å²) < 4.78 is 1.07. The predicted molar refractivity (Wildman–Crippen MR) is 75.1 cm³/mol. The number of nitrogens with zero attached hydrogens (tertiary/aromatic N) is 1. The second-order valence-corrected chi connectivity index (χ2v) is 6.42. The number of aromatic nitrogens is 1. The van der Waals surface area contributed by atoms with Gasteiger partial charge in [0.05, 0.1) is 0 Å². The molecule has 1 unspecified atom stereocenters. The number of halogens is 1. The zero-order valence-electron chi connectivity index (χ0n) is 10.7. The largest absolute Gasteiger partial charge is 0.313 e. The van der Waals surface area contributed by atoms with Crippen molar-refractivity contribution in [2.24, 2.45) is 5.41 Å². The first kappa shape index (κ1) is 13.0.